The number of amides is 2. The van der Waals surface area contributed by atoms with Crippen LogP contribution in [0.1, 0.15) is 43.4 Å². The van der Waals surface area contributed by atoms with Crippen LogP contribution in [0, 0.1) is 6.92 Å². The summed E-state index contributed by atoms with van der Waals surface area (Å²) in [6.07, 6.45) is 2.80. The van der Waals surface area contributed by atoms with E-state index in [1.54, 1.807) is 13.8 Å². The van der Waals surface area contributed by atoms with Gasteiger partial charge in [0.15, 0.2) is 5.60 Å². The van der Waals surface area contributed by atoms with E-state index >= 15 is 0 Å². The fourth-order valence-electron chi connectivity index (χ4n) is 3.90. The molecule has 1 aliphatic heterocycles. The number of likely N-dealkylation sites (N-methyl/N-ethyl adjacent to an activating group) is 1. The van der Waals surface area contributed by atoms with Crippen molar-refractivity contribution in [3.05, 3.63) is 63.6 Å². The molecule has 3 rings (SSSR count). The number of rotatable bonds is 9. The second-order valence-electron chi connectivity index (χ2n) is 8.96. The zero-order chi connectivity index (χ0) is 23.5. The van der Waals surface area contributed by atoms with Crippen molar-refractivity contribution in [1.29, 1.82) is 0 Å². The summed E-state index contributed by atoms with van der Waals surface area (Å²) in [5.41, 5.74) is 1.96. The number of carbonyl (C=O) groups is 2. The van der Waals surface area contributed by atoms with Crippen LogP contribution in [0.5, 0.6) is 5.75 Å². The first-order chi connectivity index (χ1) is 15.1. The fraction of sp³-hybridized carbons (Fsp3) is 0.440. The summed E-state index contributed by atoms with van der Waals surface area (Å²) in [6, 6.07) is 14.3. The summed E-state index contributed by atoms with van der Waals surface area (Å²) in [5, 5.41) is 9.26. The van der Waals surface area contributed by atoms with Crippen molar-refractivity contribution in [2.24, 2.45) is 0 Å². The molecule has 0 aliphatic carbocycles. The minimum atomic E-state index is -1.27. The molecule has 172 valence electrons. The third-order valence-corrected chi connectivity index (χ3v) is 6.49. The van der Waals surface area contributed by atoms with E-state index in [0.29, 0.717) is 12.3 Å². The van der Waals surface area contributed by atoms with Gasteiger partial charge < -0.3 is 19.6 Å². The van der Waals surface area contributed by atoms with E-state index in [4.69, 9.17) is 4.74 Å². The van der Waals surface area contributed by atoms with Crippen molar-refractivity contribution in [1.82, 2.24) is 9.80 Å². The van der Waals surface area contributed by atoms with Gasteiger partial charge in [-0.25, -0.2) is 9.59 Å². The molecule has 0 bridgehead atoms. The Balaban J connectivity index is 1.52. The Hall–Kier alpha value is -2.54. The van der Waals surface area contributed by atoms with Crippen LogP contribution < -0.4 is 4.74 Å². The van der Waals surface area contributed by atoms with Gasteiger partial charge in [-0.2, -0.15) is 0 Å². The number of carboxylic acid groups (broad SMARTS) is 1. The molecule has 1 atom stereocenters. The Bertz CT molecular complexity index is 974. The van der Waals surface area contributed by atoms with Crippen LogP contribution in [0.15, 0.2) is 46.9 Å². The number of carbonyl (C=O) groups excluding carboxylic acids is 1. The van der Waals surface area contributed by atoms with E-state index in [1.165, 1.54) is 5.56 Å². The highest BCUT2D eigenvalue weighted by Gasteiger charge is 2.34. The topological polar surface area (TPSA) is 70.1 Å². The number of halogens is 1. The average Bonchev–Trinajstić information content (AvgIpc) is 2.99. The van der Waals surface area contributed by atoms with Crippen molar-refractivity contribution >= 4 is 27.9 Å². The normalized spacial score (nSPS) is 16.5. The van der Waals surface area contributed by atoms with Gasteiger partial charge in [0.1, 0.15) is 5.75 Å². The largest absolute Gasteiger partial charge is 0.478 e. The zero-order valence-corrected chi connectivity index (χ0v) is 20.7. The highest BCUT2D eigenvalue weighted by molar-refractivity contribution is 9.10. The second kappa shape index (κ2) is 9.94. The molecule has 7 heteroatoms. The van der Waals surface area contributed by atoms with E-state index in [1.807, 2.05) is 60.2 Å². The molecule has 6 nitrogen and oxygen atoms in total. The summed E-state index contributed by atoms with van der Waals surface area (Å²) >= 11 is 3.44. The van der Waals surface area contributed by atoms with Gasteiger partial charge >= 0.3 is 12.0 Å². The van der Waals surface area contributed by atoms with E-state index in [2.05, 4.69) is 22.0 Å². The summed E-state index contributed by atoms with van der Waals surface area (Å²) in [7, 11) is 1.88. The summed E-state index contributed by atoms with van der Waals surface area (Å²) < 4.78 is 6.71. The monoisotopic (exact) mass is 502 g/mol. The van der Waals surface area contributed by atoms with Gasteiger partial charge in [-0.1, -0.05) is 40.2 Å². The zero-order valence-electron chi connectivity index (χ0n) is 19.1. The second-order valence-corrected chi connectivity index (χ2v) is 9.88. The van der Waals surface area contributed by atoms with Gasteiger partial charge in [0.25, 0.3) is 0 Å². The average molecular weight is 503 g/mol. The molecule has 1 fully saturated rings. The summed E-state index contributed by atoms with van der Waals surface area (Å²) in [6.45, 7) is 6.38. The maximum atomic E-state index is 12.7. The van der Waals surface area contributed by atoms with Crippen LogP contribution in [0.2, 0.25) is 0 Å². The molecule has 32 heavy (non-hydrogen) atoms. The molecule has 2 aromatic carbocycles. The van der Waals surface area contributed by atoms with Crippen molar-refractivity contribution in [3.63, 3.8) is 0 Å². The number of urea groups is 1. The third kappa shape index (κ3) is 5.82. The van der Waals surface area contributed by atoms with Crippen LogP contribution in [-0.4, -0.2) is 52.1 Å². The van der Waals surface area contributed by atoms with Crippen LogP contribution in [0.4, 0.5) is 4.79 Å². The van der Waals surface area contributed by atoms with Crippen molar-refractivity contribution in [2.45, 2.75) is 58.2 Å². The predicted octanol–water partition coefficient (Wildman–Crippen LogP) is 5.26. The maximum absolute atomic E-state index is 12.7. The van der Waals surface area contributed by atoms with Gasteiger partial charge in [0, 0.05) is 24.6 Å². The van der Waals surface area contributed by atoms with Crippen LogP contribution in [-0.2, 0) is 17.8 Å². The van der Waals surface area contributed by atoms with E-state index in [0.717, 1.165) is 41.4 Å². The SMILES string of the molecule is Cc1cc(CCCC2CN(Cc3ccc(Br)cc3)C(=O)N2C)ccc1OC(C)(C)C(=O)O. The van der Waals surface area contributed by atoms with Crippen molar-refractivity contribution in [3.8, 4) is 5.75 Å². The molecule has 1 N–H and O–H groups in total. The Morgan fingerprint density at radius 3 is 2.47 bits per heavy atom. The van der Waals surface area contributed by atoms with Gasteiger partial charge in [0.2, 0.25) is 0 Å². The molecule has 2 aromatic rings. The first kappa shape index (κ1) is 24.1. The van der Waals surface area contributed by atoms with Crippen LogP contribution in [0.25, 0.3) is 0 Å². The highest BCUT2D eigenvalue weighted by atomic mass is 79.9. The molecule has 1 unspecified atom stereocenters. The first-order valence-corrected chi connectivity index (χ1v) is 11.6. The van der Waals surface area contributed by atoms with E-state index in [9.17, 15) is 14.7 Å². The van der Waals surface area contributed by atoms with E-state index in [-0.39, 0.29) is 12.1 Å². The minimum absolute atomic E-state index is 0.0799. The van der Waals surface area contributed by atoms with Crippen LogP contribution >= 0.6 is 15.9 Å². The number of ether oxygens (including phenoxy) is 1. The quantitative estimate of drug-likeness (QED) is 0.507. The molecule has 0 aromatic heterocycles. The van der Waals surface area contributed by atoms with Gasteiger partial charge in [-0.15, -0.1) is 0 Å². The molecule has 1 aliphatic rings. The third-order valence-electron chi connectivity index (χ3n) is 5.96. The van der Waals surface area contributed by atoms with Crippen molar-refractivity contribution < 1.29 is 19.4 Å². The number of hydrogen-bond donors (Lipinski definition) is 1. The number of aliphatic carboxylic acids is 1. The number of carboxylic acids is 1. The number of benzene rings is 2. The number of aryl methyl sites for hydroxylation is 2. The molecule has 2 amide bonds. The summed E-state index contributed by atoms with van der Waals surface area (Å²) in [5.74, 6) is -0.406. The van der Waals surface area contributed by atoms with Crippen molar-refractivity contribution in [2.75, 3.05) is 13.6 Å². The lowest BCUT2D eigenvalue weighted by Crippen LogP contribution is -2.38. The molecule has 0 saturated carbocycles. The highest BCUT2D eigenvalue weighted by Crippen LogP contribution is 2.26. The molecule has 0 radical (unpaired) electrons. The standard InChI is InChI=1S/C25H31BrN2O4/c1-17-14-18(10-13-22(17)32-25(2,3)23(29)30)6-5-7-21-16-28(24(31)27(21)4)15-19-8-11-20(26)12-9-19/h8-14,21H,5-7,15-16H2,1-4H3,(H,29,30). The van der Waals surface area contributed by atoms with Gasteiger partial charge in [0.05, 0.1) is 6.04 Å². The lowest BCUT2D eigenvalue weighted by molar-refractivity contribution is -0.152. The molecule has 1 heterocycles. The Labute approximate surface area is 198 Å². The van der Waals surface area contributed by atoms with E-state index < -0.39 is 11.6 Å². The first-order valence-electron chi connectivity index (χ1n) is 10.8. The Kier molecular flexibility index (Phi) is 7.49. The number of hydrogen-bond acceptors (Lipinski definition) is 3. The number of nitrogens with zero attached hydrogens (tertiary/aromatic N) is 2. The maximum Gasteiger partial charge on any atom is 0.347 e. The van der Waals surface area contributed by atoms with Gasteiger partial charge in [-0.3, -0.25) is 0 Å². The minimum Gasteiger partial charge on any atom is -0.478 e. The van der Waals surface area contributed by atoms with Gasteiger partial charge in [-0.05, 0) is 74.9 Å². The smallest absolute Gasteiger partial charge is 0.347 e. The fourth-order valence-corrected chi connectivity index (χ4v) is 4.17. The lowest BCUT2D eigenvalue weighted by atomic mass is 10.0. The molecule has 0 spiro atoms. The molecule has 1 saturated heterocycles. The van der Waals surface area contributed by atoms with Crippen LogP contribution in [0.3, 0.4) is 0 Å². The Morgan fingerprint density at radius 2 is 1.84 bits per heavy atom. The molecular weight excluding hydrogens is 472 g/mol. The molecular formula is C25H31BrN2O4. The predicted molar refractivity (Wildman–Crippen MR) is 128 cm³/mol. The Morgan fingerprint density at radius 1 is 1.19 bits per heavy atom. The lowest BCUT2D eigenvalue weighted by Gasteiger charge is -2.23. The summed E-state index contributed by atoms with van der Waals surface area (Å²) in [4.78, 5) is 27.7.